The van der Waals surface area contributed by atoms with E-state index in [4.69, 9.17) is 0 Å². The van der Waals surface area contributed by atoms with Gasteiger partial charge in [0.05, 0.1) is 0 Å². The topological polar surface area (TPSA) is 6.48 Å². The van der Waals surface area contributed by atoms with Gasteiger partial charge in [0.25, 0.3) is 0 Å². The van der Waals surface area contributed by atoms with Crippen LogP contribution in [0.4, 0.5) is 11.4 Å². The normalized spacial score (nSPS) is 18.8. The zero-order chi connectivity index (χ0) is 21.8. The molecule has 0 bridgehead atoms. The molecule has 4 aliphatic rings. The minimum absolute atomic E-state index is 0.323. The molecule has 3 aromatic carbocycles. The Labute approximate surface area is 198 Å². The molecule has 2 nitrogen and oxygen atoms in total. The second-order valence-electron chi connectivity index (χ2n) is 10.6. The first-order valence-electron chi connectivity index (χ1n) is 13.2. The van der Waals surface area contributed by atoms with Crippen LogP contribution in [0.2, 0.25) is 0 Å². The van der Waals surface area contributed by atoms with Crippen LogP contribution in [-0.2, 0) is 25.7 Å². The van der Waals surface area contributed by atoms with Gasteiger partial charge in [-0.3, -0.25) is 0 Å². The number of aryl methyl sites for hydroxylation is 4. The number of hydrogen-bond donors (Lipinski definition) is 0. The van der Waals surface area contributed by atoms with Crippen molar-refractivity contribution in [1.29, 1.82) is 0 Å². The van der Waals surface area contributed by atoms with Gasteiger partial charge in [0.1, 0.15) is 0 Å². The van der Waals surface area contributed by atoms with Crippen LogP contribution in [0.3, 0.4) is 0 Å². The fourth-order valence-electron chi connectivity index (χ4n) is 7.22. The number of rotatable bonds is 3. The predicted octanol–water partition coefficient (Wildman–Crippen LogP) is 6.26. The van der Waals surface area contributed by atoms with Crippen LogP contribution in [0.25, 0.3) is 0 Å². The summed E-state index contributed by atoms with van der Waals surface area (Å²) in [7, 11) is 0. The largest absolute Gasteiger partial charge is 0.371 e. The molecule has 0 amide bonds. The molecule has 0 unspecified atom stereocenters. The lowest BCUT2D eigenvalue weighted by Gasteiger charge is -2.39. The fourth-order valence-corrected chi connectivity index (χ4v) is 7.22. The van der Waals surface area contributed by atoms with Gasteiger partial charge in [-0.25, -0.2) is 0 Å². The smallest absolute Gasteiger partial charge is 0.0431 e. The van der Waals surface area contributed by atoms with Crippen LogP contribution in [-0.4, -0.2) is 26.2 Å². The summed E-state index contributed by atoms with van der Waals surface area (Å²) in [5, 5.41) is 0. The van der Waals surface area contributed by atoms with Crippen molar-refractivity contribution < 1.29 is 0 Å². The van der Waals surface area contributed by atoms with E-state index in [1.807, 2.05) is 0 Å². The molecule has 33 heavy (non-hydrogen) atoms. The van der Waals surface area contributed by atoms with E-state index >= 15 is 0 Å². The standard InChI is InChI=1S/C31H34N2/c1-2-8-22(9-3-1)29(27-18-23-10-4-14-32-15-5-11-24(19-27)30(23)32)28-20-25-12-6-16-33-17-7-13-26(21-28)31(25)33/h1-3,8-9,18-21,29H,4-7,10-17H2. The number of benzene rings is 3. The predicted molar refractivity (Wildman–Crippen MR) is 138 cm³/mol. The highest BCUT2D eigenvalue weighted by Gasteiger charge is 2.29. The van der Waals surface area contributed by atoms with Crippen molar-refractivity contribution >= 4 is 11.4 Å². The zero-order valence-electron chi connectivity index (χ0n) is 19.7. The van der Waals surface area contributed by atoms with Crippen molar-refractivity contribution in [1.82, 2.24) is 0 Å². The summed E-state index contributed by atoms with van der Waals surface area (Å²) in [4.78, 5) is 5.33. The van der Waals surface area contributed by atoms with Crippen LogP contribution in [0, 0.1) is 0 Å². The maximum atomic E-state index is 2.66. The van der Waals surface area contributed by atoms with E-state index in [1.54, 1.807) is 33.6 Å². The number of hydrogen-bond acceptors (Lipinski definition) is 2. The highest BCUT2D eigenvalue weighted by Crippen LogP contribution is 2.43. The van der Waals surface area contributed by atoms with Gasteiger partial charge in [-0.2, -0.15) is 0 Å². The van der Waals surface area contributed by atoms with Gasteiger partial charge < -0.3 is 9.80 Å². The maximum Gasteiger partial charge on any atom is 0.0431 e. The Balaban J connectivity index is 1.41. The first-order valence-corrected chi connectivity index (χ1v) is 13.2. The summed E-state index contributed by atoms with van der Waals surface area (Å²) in [5.74, 6) is 0.323. The van der Waals surface area contributed by atoms with E-state index < -0.39 is 0 Å². The Hall–Kier alpha value is -2.74. The van der Waals surface area contributed by atoms with Crippen LogP contribution in [0.5, 0.6) is 0 Å². The van der Waals surface area contributed by atoms with Crippen molar-refractivity contribution in [3.8, 4) is 0 Å². The van der Waals surface area contributed by atoms with Gasteiger partial charge in [-0.1, -0.05) is 54.6 Å². The molecule has 0 N–H and O–H groups in total. The summed E-state index contributed by atoms with van der Waals surface area (Å²) in [6, 6.07) is 21.6. The molecule has 4 heterocycles. The van der Waals surface area contributed by atoms with Gasteiger partial charge in [0, 0.05) is 43.5 Å². The van der Waals surface area contributed by atoms with Crippen molar-refractivity contribution in [3.05, 3.63) is 93.5 Å². The van der Waals surface area contributed by atoms with Crippen molar-refractivity contribution in [3.63, 3.8) is 0 Å². The molecule has 168 valence electrons. The lowest BCUT2D eigenvalue weighted by atomic mass is 9.79. The Morgan fingerprint density at radius 2 is 0.879 bits per heavy atom. The molecule has 3 aromatic rings. The van der Waals surface area contributed by atoms with E-state index in [0.29, 0.717) is 5.92 Å². The molecule has 0 atom stereocenters. The lowest BCUT2D eigenvalue weighted by Crippen LogP contribution is -2.35. The molecule has 0 radical (unpaired) electrons. The minimum atomic E-state index is 0.323. The third-order valence-corrected chi connectivity index (χ3v) is 8.51. The fraction of sp³-hybridized carbons (Fsp3) is 0.419. The molecule has 0 aromatic heterocycles. The summed E-state index contributed by atoms with van der Waals surface area (Å²) in [5.41, 5.74) is 14.0. The number of anilines is 2. The Morgan fingerprint density at radius 1 is 0.485 bits per heavy atom. The first kappa shape index (κ1) is 19.7. The first-order chi connectivity index (χ1) is 16.3. The van der Waals surface area contributed by atoms with Crippen molar-refractivity contribution in [2.24, 2.45) is 0 Å². The summed E-state index contributed by atoms with van der Waals surface area (Å²) >= 11 is 0. The maximum absolute atomic E-state index is 2.66. The molecule has 2 heteroatoms. The van der Waals surface area contributed by atoms with E-state index in [2.05, 4.69) is 64.4 Å². The number of nitrogens with zero attached hydrogens (tertiary/aromatic N) is 2. The molecular formula is C31H34N2. The van der Waals surface area contributed by atoms with Gasteiger partial charge in [-0.05, 0) is 90.3 Å². The van der Waals surface area contributed by atoms with E-state index in [1.165, 1.54) is 94.2 Å². The van der Waals surface area contributed by atoms with Crippen LogP contribution < -0.4 is 9.80 Å². The third kappa shape index (κ3) is 3.29. The highest BCUT2D eigenvalue weighted by atomic mass is 15.1. The van der Waals surface area contributed by atoms with Crippen LogP contribution in [0.15, 0.2) is 54.6 Å². The molecule has 0 spiro atoms. The van der Waals surface area contributed by atoms with Gasteiger partial charge in [-0.15, -0.1) is 0 Å². The van der Waals surface area contributed by atoms with Gasteiger partial charge in [0.2, 0.25) is 0 Å². The van der Waals surface area contributed by atoms with E-state index in [-0.39, 0.29) is 0 Å². The van der Waals surface area contributed by atoms with Crippen molar-refractivity contribution in [2.45, 2.75) is 57.3 Å². The highest BCUT2D eigenvalue weighted by molar-refractivity contribution is 5.68. The van der Waals surface area contributed by atoms with Crippen molar-refractivity contribution in [2.75, 3.05) is 36.0 Å². The van der Waals surface area contributed by atoms with Crippen LogP contribution >= 0.6 is 0 Å². The third-order valence-electron chi connectivity index (χ3n) is 8.51. The molecule has 0 saturated heterocycles. The molecule has 4 aliphatic heterocycles. The van der Waals surface area contributed by atoms with E-state index in [9.17, 15) is 0 Å². The minimum Gasteiger partial charge on any atom is -0.371 e. The molecular weight excluding hydrogens is 400 g/mol. The second-order valence-corrected chi connectivity index (χ2v) is 10.6. The molecule has 0 saturated carbocycles. The molecule has 7 rings (SSSR count). The van der Waals surface area contributed by atoms with Crippen LogP contribution in [0.1, 0.15) is 70.5 Å². The zero-order valence-corrected chi connectivity index (χ0v) is 19.7. The Kier molecular flexibility index (Phi) is 4.74. The molecule has 0 aliphatic carbocycles. The van der Waals surface area contributed by atoms with Gasteiger partial charge in [0.15, 0.2) is 0 Å². The molecule has 0 fully saturated rings. The monoisotopic (exact) mass is 434 g/mol. The quantitative estimate of drug-likeness (QED) is 0.449. The summed E-state index contributed by atoms with van der Waals surface area (Å²) in [6.07, 6.45) is 10.1. The Bertz CT molecular complexity index is 1060. The Morgan fingerprint density at radius 3 is 1.27 bits per heavy atom. The lowest BCUT2D eigenvalue weighted by molar-refractivity contribution is 0.630. The average molecular weight is 435 g/mol. The summed E-state index contributed by atoms with van der Waals surface area (Å²) in [6.45, 7) is 4.97. The van der Waals surface area contributed by atoms with Gasteiger partial charge >= 0.3 is 0 Å². The SMILES string of the molecule is c1ccc(C(c2cc3c4c(c2)CCCN4CCC3)c2cc3c4c(c2)CCCN4CCC3)cc1. The second kappa shape index (κ2) is 7.94. The van der Waals surface area contributed by atoms with E-state index in [0.717, 1.165) is 0 Å². The summed E-state index contributed by atoms with van der Waals surface area (Å²) < 4.78 is 0. The average Bonchev–Trinajstić information content (AvgIpc) is 2.86.